The summed E-state index contributed by atoms with van der Waals surface area (Å²) in [5, 5.41) is 10.9. The van der Waals surface area contributed by atoms with Crippen molar-refractivity contribution in [3.63, 3.8) is 0 Å². The van der Waals surface area contributed by atoms with Crippen molar-refractivity contribution < 1.29 is 14.7 Å². The number of hydrogen-bond acceptors (Lipinski definition) is 2. The predicted molar refractivity (Wildman–Crippen MR) is 46.3 cm³/mol. The van der Waals surface area contributed by atoms with Crippen molar-refractivity contribution in [1.29, 1.82) is 0 Å². The summed E-state index contributed by atoms with van der Waals surface area (Å²) in [6.45, 7) is 2.54. The maximum absolute atomic E-state index is 11.3. The second-order valence-corrected chi connectivity index (χ2v) is 2.89. The van der Waals surface area contributed by atoms with Crippen LogP contribution in [0.4, 0.5) is 4.79 Å². The smallest absolute Gasteiger partial charge is 0.325 e. The highest BCUT2D eigenvalue weighted by Crippen LogP contribution is 1.99. The van der Waals surface area contributed by atoms with Gasteiger partial charge in [0.15, 0.2) is 0 Å². The summed E-state index contributed by atoms with van der Waals surface area (Å²) in [4.78, 5) is 23.2. The Balaban J connectivity index is 2.36. The van der Waals surface area contributed by atoms with Crippen LogP contribution in [0.2, 0.25) is 0 Å². The Kier molecular flexibility index (Phi) is 2.89. The van der Waals surface area contributed by atoms with Crippen LogP contribution in [0.1, 0.15) is 6.92 Å². The largest absolute Gasteiger partial charge is 0.480 e. The van der Waals surface area contributed by atoms with Crippen molar-refractivity contribution in [1.82, 2.24) is 10.2 Å². The molecule has 5 nitrogen and oxygen atoms in total. The number of rotatable bonds is 2. The van der Waals surface area contributed by atoms with Gasteiger partial charge in [0.2, 0.25) is 0 Å². The fraction of sp³-hybridized carbons (Fsp3) is 0.500. The zero-order valence-electron chi connectivity index (χ0n) is 7.36. The summed E-state index contributed by atoms with van der Waals surface area (Å²) in [6.07, 6.45) is 3.73. The first-order valence-electron chi connectivity index (χ1n) is 4.04. The van der Waals surface area contributed by atoms with Crippen molar-refractivity contribution in [2.45, 2.75) is 13.0 Å². The normalized spacial score (nSPS) is 17.2. The lowest BCUT2D eigenvalue weighted by Crippen LogP contribution is -2.45. The minimum atomic E-state index is -1.03. The lowest BCUT2D eigenvalue weighted by Gasteiger charge is -2.18. The number of carbonyl (C=O) groups excluding carboxylic acids is 1. The van der Waals surface area contributed by atoms with Crippen molar-refractivity contribution in [3.05, 3.63) is 12.2 Å². The summed E-state index contributed by atoms with van der Waals surface area (Å²) in [5.41, 5.74) is 0. The lowest BCUT2D eigenvalue weighted by atomic mass is 10.3. The molecular weight excluding hydrogens is 172 g/mol. The van der Waals surface area contributed by atoms with Crippen LogP contribution in [-0.2, 0) is 4.79 Å². The number of carbonyl (C=O) groups is 2. The molecule has 1 aliphatic heterocycles. The molecule has 0 aromatic heterocycles. The van der Waals surface area contributed by atoms with Gasteiger partial charge >= 0.3 is 12.0 Å². The molecule has 0 unspecified atom stereocenters. The van der Waals surface area contributed by atoms with Crippen LogP contribution in [0.25, 0.3) is 0 Å². The number of urea groups is 1. The quantitative estimate of drug-likeness (QED) is 0.595. The molecule has 0 aliphatic carbocycles. The Hall–Kier alpha value is -1.52. The van der Waals surface area contributed by atoms with Crippen LogP contribution >= 0.6 is 0 Å². The summed E-state index contributed by atoms with van der Waals surface area (Å²) in [6, 6.07) is -1.17. The molecule has 1 atom stereocenters. The van der Waals surface area contributed by atoms with E-state index in [1.165, 1.54) is 11.8 Å². The molecule has 0 saturated heterocycles. The van der Waals surface area contributed by atoms with Gasteiger partial charge in [0.25, 0.3) is 0 Å². The molecule has 1 rings (SSSR count). The monoisotopic (exact) mass is 184 g/mol. The zero-order valence-corrected chi connectivity index (χ0v) is 7.36. The van der Waals surface area contributed by atoms with Gasteiger partial charge in [-0.1, -0.05) is 12.2 Å². The summed E-state index contributed by atoms with van der Waals surface area (Å²) >= 11 is 0. The number of carboxylic acid groups (broad SMARTS) is 1. The SMILES string of the molecule is C[C@H](NC(=O)N1CC=CC1)C(=O)O. The molecule has 5 heteroatoms. The highest BCUT2D eigenvalue weighted by molar-refractivity contribution is 5.82. The molecule has 1 aliphatic rings. The minimum absolute atomic E-state index is 0.333. The Bertz CT molecular complexity index is 242. The second kappa shape index (κ2) is 3.93. The third-order valence-electron chi connectivity index (χ3n) is 1.82. The fourth-order valence-electron chi connectivity index (χ4n) is 0.982. The Morgan fingerprint density at radius 2 is 2.00 bits per heavy atom. The van der Waals surface area contributed by atoms with Crippen LogP contribution in [-0.4, -0.2) is 41.1 Å². The highest BCUT2D eigenvalue weighted by Gasteiger charge is 2.19. The summed E-state index contributed by atoms with van der Waals surface area (Å²) < 4.78 is 0. The first-order valence-corrected chi connectivity index (χ1v) is 4.04. The lowest BCUT2D eigenvalue weighted by molar-refractivity contribution is -0.138. The number of amides is 2. The van der Waals surface area contributed by atoms with Crippen molar-refractivity contribution in [2.24, 2.45) is 0 Å². The van der Waals surface area contributed by atoms with E-state index in [1.807, 2.05) is 12.2 Å². The topological polar surface area (TPSA) is 69.6 Å². The first-order chi connectivity index (χ1) is 6.11. The van der Waals surface area contributed by atoms with Gasteiger partial charge in [-0.15, -0.1) is 0 Å². The zero-order chi connectivity index (χ0) is 9.84. The highest BCUT2D eigenvalue weighted by atomic mass is 16.4. The van der Waals surface area contributed by atoms with Crippen LogP contribution < -0.4 is 5.32 Å². The van der Waals surface area contributed by atoms with E-state index in [0.717, 1.165) is 0 Å². The van der Waals surface area contributed by atoms with E-state index in [0.29, 0.717) is 13.1 Å². The van der Waals surface area contributed by atoms with E-state index >= 15 is 0 Å². The van der Waals surface area contributed by atoms with Gasteiger partial charge in [-0.25, -0.2) is 4.79 Å². The Morgan fingerprint density at radius 1 is 1.46 bits per heavy atom. The predicted octanol–water partition coefficient (Wildman–Crippen LogP) is 0.0409. The second-order valence-electron chi connectivity index (χ2n) is 2.89. The fourth-order valence-corrected chi connectivity index (χ4v) is 0.982. The summed E-state index contributed by atoms with van der Waals surface area (Å²) in [7, 11) is 0. The van der Waals surface area contributed by atoms with Crippen molar-refractivity contribution in [3.8, 4) is 0 Å². The van der Waals surface area contributed by atoms with Gasteiger partial charge in [0.05, 0.1) is 0 Å². The Morgan fingerprint density at radius 3 is 2.46 bits per heavy atom. The van der Waals surface area contributed by atoms with Crippen molar-refractivity contribution >= 4 is 12.0 Å². The van der Waals surface area contributed by atoms with Gasteiger partial charge in [0.1, 0.15) is 6.04 Å². The molecule has 1 heterocycles. The molecule has 2 amide bonds. The van der Waals surface area contributed by atoms with Gasteiger partial charge in [-0.2, -0.15) is 0 Å². The molecule has 2 N–H and O–H groups in total. The van der Waals surface area contributed by atoms with Gasteiger partial charge < -0.3 is 15.3 Å². The molecule has 13 heavy (non-hydrogen) atoms. The van der Waals surface area contributed by atoms with Crippen LogP contribution in [0.5, 0.6) is 0 Å². The van der Waals surface area contributed by atoms with E-state index in [-0.39, 0.29) is 6.03 Å². The first kappa shape index (κ1) is 9.57. The molecule has 0 saturated carbocycles. The molecule has 0 radical (unpaired) electrons. The average molecular weight is 184 g/mol. The number of nitrogens with one attached hydrogen (secondary N) is 1. The molecule has 0 fully saturated rings. The van der Waals surface area contributed by atoms with E-state index in [9.17, 15) is 9.59 Å². The molecule has 0 bridgehead atoms. The molecule has 0 spiro atoms. The van der Waals surface area contributed by atoms with Gasteiger partial charge in [-0.3, -0.25) is 4.79 Å². The number of nitrogens with zero attached hydrogens (tertiary/aromatic N) is 1. The molecule has 72 valence electrons. The molecule has 0 aromatic rings. The van der Waals surface area contributed by atoms with Gasteiger partial charge in [-0.05, 0) is 6.92 Å². The average Bonchev–Trinajstić information content (AvgIpc) is 2.55. The van der Waals surface area contributed by atoms with E-state index in [2.05, 4.69) is 5.32 Å². The minimum Gasteiger partial charge on any atom is -0.480 e. The molecule has 0 aromatic carbocycles. The molecular formula is C8H12N2O3. The third-order valence-corrected chi connectivity index (χ3v) is 1.82. The van der Waals surface area contributed by atoms with E-state index in [1.54, 1.807) is 0 Å². The number of carboxylic acids is 1. The van der Waals surface area contributed by atoms with Crippen LogP contribution in [0.3, 0.4) is 0 Å². The van der Waals surface area contributed by atoms with E-state index < -0.39 is 12.0 Å². The van der Waals surface area contributed by atoms with E-state index in [4.69, 9.17) is 5.11 Å². The van der Waals surface area contributed by atoms with Crippen molar-refractivity contribution in [2.75, 3.05) is 13.1 Å². The maximum atomic E-state index is 11.3. The number of aliphatic carboxylic acids is 1. The Labute approximate surface area is 76.0 Å². The summed E-state index contributed by atoms with van der Waals surface area (Å²) in [5.74, 6) is -1.03. The van der Waals surface area contributed by atoms with Crippen LogP contribution in [0, 0.1) is 0 Å². The van der Waals surface area contributed by atoms with Crippen LogP contribution in [0.15, 0.2) is 12.2 Å². The third kappa shape index (κ3) is 2.47. The standard InChI is InChI=1S/C8H12N2O3/c1-6(7(11)12)9-8(13)10-4-2-3-5-10/h2-3,6H,4-5H2,1H3,(H,9,13)(H,11,12)/t6-/m0/s1. The number of hydrogen-bond donors (Lipinski definition) is 2. The van der Waals surface area contributed by atoms with Gasteiger partial charge in [0, 0.05) is 13.1 Å². The maximum Gasteiger partial charge on any atom is 0.325 e.